The molecule has 0 saturated heterocycles. The van der Waals surface area contributed by atoms with Gasteiger partial charge in [-0.3, -0.25) is 14.4 Å². The van der Waals surface area contributed by atoms with Crippen LogP contribution in [0, 0.1) is 5.92 Å². The molecule has 8 nitrogen and oxygen atoms in total. The number of imidazole rings is 1. The molecular weight excluding hydrogens is 418 g/mol. The Kier molecular flexibility index (Phi) is 8.35. The first-order valence-electron chi connectivity index (χ1n) is 11.0. The van der Waals surface area contributed by atoms with Crippen molar-refractivity contribution < 1.29 is 14.4 Å². The smallest absolute Gasteiger partial charge is 0.251 e. The molecule has 1 heterocycles. The maximum Gasteiger partial charge on any atom is 0.251 e. The highest BCUT2D eigenvalue weighted by Crippen LogP contribution is 2.14. The number of nitrogens with one attached hydrogen (secondary N) is 3. The Bertz CT molecular complexity index is 1090. The molecule has 0 saturated carbocycles. The summed E-state index contributed by atoms with van der Waals surface area (Å²) in [6.07, 6.45) is 6.20. The van der Waals surface area contributed by atoms with Gasteiger partial charge in [-0.2, -0.15) is 0 Å². The molecule has 0 fully saturated rings. The van der Waals surface area contributed by atoms with Gasteiger partial charge >= 0.3 is 0 Å². The van der Waals surface area contributed by atoms with E-state index >= 15 is 0 Å². The molecule has 0 aliphatic rings. The molecule has 3 aromatic rings. The summed E-state index contributed by atoms with van der Waals surface area (Å²) >= 11 is 0. The van der Waals surface area contributed by atoms with E-state index in [2.05, 4.69) is 20.9 Å². The molecule has 3 amide bonds. The third kappa shape index (κ3) is 7.31. The first-order chi connectivity index (χ1) is 15.9. The summed E-state index contributed by atoms with van der Waals surface area (Å²) < 4.78 is 1.83. The van der Waals surface area contributed by atoms with Crippen LogP contribution in [0.4, 0.5) is 11.4 Å². The Labute approximate surface area is 193 Å². The Morgan fingerprint density at radius 3 is 2.52 bits per heavy atom. The first-order valence-corrected chi connectivity index (χ1v) is 11.0. The minimum Gasteiger partial charge on any atom is -0.348 e. The highest BCUT2D eigenvalue weighted by atomic mass is 16.2. The Morgan fingerprint density at radius 1 is 1.03 bits per heavy atom. The monoisotopic (exact) mass is 447 g/mol. The summed E-state index contributed by atoms with van der Waals surface area (Å²) in [5.41, 5.74) is 2.58. The van der Waals surface area contributed by atoms with Gasteiger partial charge in [-0.25, -0.2) is 4.98 Å². The van der Waals surface area contributed by atoms with Crippen LogP contribution in [-0.2, 0) is 22.7 Å². The standard InChI is InChI=1S/C25H29N5O3/c1-3-18(2)24(32)29-21-8-4-6-19(14-21)16-27-25(33)20-7-5-9-22(15-20)28-23(31)10-12-30-13-11-26-17-30/h4-9,11,13-15,17-18H,3,10,12,16H2,1-2H3,(H,27,33)(H,28,31)(H,29,32). The zero-order valence-electron chi connectivity index (χ0n) is 18.9. The number of benzene rings is 2. The zero-order chi connectivity index (χ0) is 23.6. The number of nitrogens with zero attached hydrogens (tertiary/aromatic N) is 2. The number of amides is 3. The van der Waals surface area contributed by atoms with Gasteiger partial charge in [0.25, 0.3) is 5.91 Å². The lowest BCUT2D eigenvalue weighted by atomic mass is 10.1. The normalized spacial score (nSPS) is 11.5. The number of carbonyl (C=O) groups is 3. The molecule has 8 heteroatoms. The molecule has 0 aliphatic heterocycles. The lowest BCUT2D eigenvalue weighted by molar-refractivity contribution is -0.119. The number of aryl methyl sites for hydroxylation is 1. The molecule has 3 rings (SSSR count). The van der Waals surface area contributed by atoms with Crippen LogP contribution in [0.15, 0.2) is 67.3 Å². The summed E-state index contributed by atoms with van der Waals surface area (Å²) in [5, 5.41) is 8.60. The van der Waals surface area contributed by atoms with Crippen molar-refractivity contribution in [3.63, 3.8) is 0 Å². The van der Waals surface area contributed by atoms with E-state index in [0.29, 0.717) is 36.4 Å². The van der Waals surface area contributed by atoms with E-state index in [1.54, 1.807) is 43.0 Å². The van der Waals surface area contributed by atoms with E-state index in [9.17, 15) is 14.4 Å². The van der Waals surface area contributed by atoms with E-state index in [0.717, 1.165) is 12.0 Å². The molecular formula is C25H29N5O3. The average Bonchev–Trinajstić information content (AvgIpc) is 3.35. The van der Waals surface area contributed by atoms with Crippen molar-refractivity contribution in [2.75, 3.05) is 10.6 Å². The Balaban J connectivity index is 1.53. The van der Waals surface area contributed by atoms with Crippen molar-refractivity contribution in [3.8, 4) is 0 Å². The predicted octanol–water partition coefficient (Wildman–Crippen LogP) is 3.83. The molecule has 0 bridgehead atoms. The fourth-order valence-electron chi connectivity index (χ4n) is 3.11. The highest BCUT2D eigenvalue weighted by molar-refractivity contribution is 5.97. The van der Waals surface area contributed by atoms with Crippen LogP contribution in [0.5, 0.6) is 0 Å². The summed E-state index contributed by atoms with van der Waals surface area (Å²) in [5.74, 6) is -0.481. The Hall–Kier alpha value is -3.94. The van der Waals surface area contributed by atoms with Gasteiger partial charge in [0, 0.05) is 54.8 Å². The lowest BCUT2D eigenvalue weighted by Gasteiger charge is -2.12. The second kappa shape index (κ2) is 11.6. The number of aromatic nitrogens is 2. The Morgan fingerprint density at radius 2 is 1.79 bits per heavy atom. The molecule has 2 aromatic carbocycles. The molecule has 1 aromatic heterocycles. The second-order valence-corrected chi connectivity index (χ2v) is 7.86. The van der Waals surface area contributed by atoms with Gasteiger partial charge < -0.3 is 20.5 Å². The van der Waals surface area contributed by atoms with Crippen molar-refractivity contribution >= 4 is 29.1 Å². The van der Waals surface area contributed by atoms with Crippen molar-refractivity contribution in [3.05, 3.63) is 78.4 Å². The van der Waals surface area contributed by atoms with Gasteiger partial charge in [-0.1, -0.05) is 32.0 Å². The molecule has 1 unspecified atom stereocenters. The van der Waals surface area contributed by atoms with Crippen molar-refractivity contribution in [1.82, 2.24) is 14.9 Å². The first kappa shape index (κ1) is 23.7. The fourth-order valence-corrected chi connectivity index (χ4v) is 3.11. The topological polar surface area (TPSA) is 105 Å². The van der Waals surface area contributed by atoms with E-state index in [1.807, 2.05) is 42.7 Å². The third-order valence-electron chi connectivity index (χ3n) is 5.27. The summed E-state index contributed by atoms with van der Waals surface area (Å²) in [6, 6.07) is 14.2. The molecule has 1 atom stereocenters. The second-order valence-electron chi connectivity index (χ2n) is 7.86. The van der Waals surface area contributed by atoms with Crippen LogP contribution in [0.1, 0.15) is 42.6 Å². The molecule has 172 valence electrons. The van der Waals surface area contributed by atoms with Crippen molar-refractivity contribution in [2.45, 2.75) is 39.8 Å². The summed E-state index contributed by atoms with van der Waals surface area (Å²) in [7, 11) is 0. The number of hydrogen-bond donors (Lipinski definition) is 3. The van der Waals surface area contributed by atoms with Gasteiger partial charge in [-0.05, 0) is 42.3 Å². The van der Waals surface area contributed by atoms with Crippen LogP contribution in [0.25, 0.3) is 0 Å². The quantitative estimate of drug-likeness (QED) is 0.439. The van der Waals surface area contributed by atoms with Crippen LogP contribution in [0.3, 0.4) is 0 Å². The molecule has 0 spiro atoms. The largest absolute Gasteiger partial charge is 0.348 e. The fraction of sp³-hybridized carbons (Fsp3) is 0.280. The van der Waals surface area contributed by atoms with Gasteiger partial charge in [0.05, 0.1) is 6.33 Å². The SMILES string of the molecule is CCC(C)C(=O)Nc1cccc(CNC(=O)c2cccc(NC(=O)CCn3ccnc3)c2)c1. The van der Waals surface area contributed by atoms with E-state index in [1.165, 1.54) is 0 Å². The van der Waals surface area contributed by atoms with E-state index in [-0.39, 0.29) is 23.6 Å². The van der Waals surface area contributed by atoms with Crippen LogP contribution in [0.2, 0.25) is 0 Å². The van der Waals surface area contributed by atoms with Crippen molar-refractivity contribution in [1.29, 1.82) is 0 Å². The average molecular weight is 448 g/mol. The molecule has 33 heavy (non-hydrogen) atoms. The minimum atomic E-state index is -0.251. The van der Waals surface area contributed by atoms with E-state index in [4.69, 9.17) is 0 Å². The lowest BCUT2D eigenvalue weighted by Crippen LogP contribution is -2.23. The highest BCUT2D eigenvalue weighted by Gasteiger charge is 2.11. The number of carbonyl (C=O) groups excluding carboxylic acids is 3. The third-order valence-corrected chi connectivity index (χ3v) is 5.27. The maximum absolute atomic E-state index is 12.6. The zero-order valence-corrected chi connectivity index (χ0v) is 18.9. The van der Waals surface area contributed by atoms with Gasteiger partial charge in [0.2, 0.25) is 11.8 Å². The van der Waals surface area contributed by atoms with Crippen LogP contribution < -0.4 is 16.0 Å². The summed E-state index contributed by atoms with van der Waals surface area (Å²) in [6.45, 7) is 4.70. The number of hydrogen-bond acceptors (Lipinski definition) is 4. The van der Waals surface area contributed by atoms with Gasteiger partial charge in [-0.15, -0.1) is 0 Å². The molecule has 0 radical (unpaired) electrons. The van der Waals surface area contributed by atoms with E-state index < -0.39 is 0 Å². The minimum absolute atomic E-state index is 0.0254. The number of rotatable bonds is 10. The summed E-state index contributed by atoms with van der Waals surface area (Å²) in [4.78, 5) is 40.9. The van der Waals surface area contributed by atoms with Crippen LogP contribution in [-0.4, -0.2) is 27.3 Å². The number of anilines is 2. The van der Waals surface area contributed by atoms with Crippen molar-refractivity contribution in [2.24, 2.45) is 5.92 Å². The predicted molar refractivity (Wildman–Crippen MR) is 128 cm³/mol. The van der Waals surface area contributed by atoms with Gasteiger partial charge in [0.15, 0.2) is 0 Å². The molecule has 3 N–H and O–H groups in total. The van der Waals surface area contributed by atoms with Gasteiger partial charge in [0.1, 0.15) is 0 Å². The molecule has 0 aliphatic carbocycles. The van der Waals surface area contributed by atoms with Crippen LogP contribution >= 0.6 is 0 Å². The maximum atomic E-state index is 12.6.